The molecule has 10 N–H and O–H groups in total. The molecule has 14 atom stereocenters. The Kier molecular flexibility index (Phi) is 8.75. The fraction of sp³-hybridized carbons (Fsp3) is 1.00. The summed E-state index contributed by atoms with van der Waals surface area (Å²) in [7, 11) is 0. The third kappa shape index (κ3) is 5.07. The van der Waals surface area contributed by atoms with E-state index in [4.69, 9.17) is 28.8 Å². The molecule has 32 heavy (non-hydrogen) atoms. The summed E-state index contributed by atoms with van der Waals surface area (Å²) in [5.74, 6) is 0. The van der Waals surface area contributed by atoms with Crippen LogP contribution in [0.4, 0.5) is 0 Å². The molecule has 15 nitrogen and oxygen atoms in total. The van der Waals surface area contributed by atoms with E-state index >= 15 is 0 Å². The SMILES string of the molecule is OC[C@H]1O[C@H](O[C@@H]2CO[C@@H](O[C@@H]3[C@@H](O)[C@H](O)[C@@H](CO)O[C@H]3O)[C@H](O)[C@H]2O)[C@H](O)[C@@H](O)[C@@H]1O. The Hall–Kier alpha value is -0.600. The molecule has 3 rings (SSSR count). The normalized spacial score (nSPS) is 52.7. The van der Waals surface area contributed by atoms with E-state index in [2.05, 4.69) is 0 Å². The number of hydrogen-bond donors (Lipinski definition) is 10. The third-order valence-electron chi connectivity index (χ3n) is 5.73. The third-order valence-corrected chi connectivity index (χ3v) is 5.73. The summed E-state index contributed by atoms with van der Waals surface area (Å²) in [6, 6.07) is 0. The standard InChI is InChI=1S/C17H30O15/c18-1-4-8(21)11(24)14(15(27)29-4)32-16-12(25)9(22)6(3-28-16)31-17-13(26)10(23)7(20)5(2-19)30-17/h4-27H,1-3H2/t4-,5-,6-,7-,8-,9+,10+,11+,12-,13-,14-,15-,16+,17-/m1/s1. The average molecular weight is 474 g/mol. The summed E-state index contributed by atoms with van der Waals surface area (Å²) in [5.41, 5.74) is 0. The lowest BCUT2D eigenvalue weighted by atomic mass is 9.98. The van der Waals surface area contributed by atoms with Crippen LogP contribution in [0.1, 0.15) is 0 Å². The highest BCUT2D eigenvalue weighted by atomic mass is 16.7. The molecule has 188 valence electrons. The molecule has 3 heterocycles. The van der Waals surface area contributed by atoms with Crippen LogP contribution < -0.4 is 0 Å². The molecule has 0 bridgehead atoms. The van der Waals surface area contributed by atoms with Gasteiger partial charge in [-0.1, -0.05) is 0 Å². The molecule has 0 aromatic carbocycles. The Bertz CT molecular complexity index is 594. The molecule has 0 amide bonds. The van der Waals surface area contributed by atoms with Crippen LogP contribution in [0.15, 0.2) is 0 Å². The second-order valence-corrected chi connectivity index (χ2v) is 7.88. The van der Waals surface area contributed by atoms with Gasteiger partial charge >= 0.3 is 0 Å². The maximum absolute atomic E-state index is 10.4. The van der Waals surface area contributed by atoms with Gasteiger partial charge in [0.25, 0.3) is 0 Å². The van der Waals surface area contributed by atoms with Gasteiger partial charge in [-0.2, -0.15) is 0 Å². The van der Waals surface area contributed by atoms with Crippen LogP contribution in [0.5, 0.6) is 0 Å². The van der Waals surface area contributed by atoms with Gasteiger partial charge in [0.2, 0.25) is 0 Å². The highest BCUT2D eigenvalue weighted by Gasteiger charge is 2.50. The molecule has 0 aromatic rings. The van der Waals surface area contributed by atoms with Crippen LogP contribution in [0.3, 0.4) is 0 Å². The van der Waals surface area contributed by atoms with E-state index in [0.717, 1.165) is 0 Å². The van der Waals surface area contributed by atoms with Gasteiger partial charge in [-0.3, -0.25) is 0 Å². The van der Waals surface area contributed by atoms with Crippen molar-refractivity contribution in [1.29, 1.82) is 0 Å². The van der Waals surface area contributed by atoms with Crippen molar-refractivity contribution in [3.05, 3.63) is 0 Å². The fourth-order valence-corrected chi connectivity index (χ4v) is 3.73. The van der Waals surface area contributed by atoms with Gasteiger partial charge < -0.3 is 74.7 Å². The largest absolute Gasteiger partial charge is 0.394 e. The molecule has 15 heteroatoms. The maximum Gasteiger partial charge on any atom is 0.187 e. The fourth-order valence-electron chi connectivity index (χ4n) is 3.73. The number of ether oxygens (including phenoxy) is 5. The molecule has 0 radical (unpaired) electrons. The Morgan fingerprint density at radius 3 is 1.78 bits per heavy atom. The highest BCUT2D eigenvalue weighted by Crippen LogP contribution is 2.29. The van der Waals surface area contributed by atoms with Crippen molar-refractivity contribution in [2.75, 3.05) is 19.8 Å². The second-order valence-electron chi connectivity index (χ2n) is 7.88. The van der Waals surface area contributed by atoms with Gasteiger partial charge in [0.05, 0.1) is 19.8 Å². The zero-order chi connectivity index (χ0) is 23.7. The van der Waals surface area contributed by atoms with E-state index in [9.17, 15) is 46.0 Å². The molecular formula is C17H30O15. The van der Waals surface area contributed by atoms with Crippen molar-refractivity contribution < 1.29 is 74.7 Å². The monoisotopic (exact) mass is 474 g/mol. The van der Waals surface area contributed by atoms with Crippen molar-refractivity contribution in [2.45, 2.75) is 86.0 Å². The van der Waals surface area contributed by atoms with Gasteiger partial charge in [-0.25, -0.2) is 0 Å². The van der Waals surface area contributed by atoms with Crippen LogP contribution in [-0.4, -0.2) is 157 Å². The first kappa shape index (κ1) is 26.0. The van der Waals surface area contributed by atoms with Crippen molar-refractivity contribution in [3.8, 4) is 0 Å². The molecule has 0 spiro atoms. The lowest BCUT2D eigenvalue weighted by Crippen LogP contribution is -2.64. The Labute approximate surface area is 181 Å². The zero-order valence-electron chi connectivity index (χ0n) is 16.7. The van der Waals surface area contributed by atoms with Gasteiger partial charge in [-0.15, -0.1) is 0 Å². The first-order chi connectivity index (χ1) is 15.1. The molecule has 0 unspecified atom stereocenters. The van der Waals surface area contributed by atoms with Crippen LogP contribution in [0.2, 0.25) is 0 Å². The van der Waals surface area contributed by atoms with Gasteiger partial charge in [-0.05, 0) is 0 Å². The van der Waals surface area contributed by atoms with Crippen LogP contribution in [0, 0.1) is 0 Å². The van der Waals surface area contributed by atoms with E-state index in [1.165, 1.54) is 0 Å². The quantitative estimate of drug-likeness (QED) is 0.172. The summed E-state index contributed by atoms with van der Waals surface area (Å²) >= 11 is 0. The zero-order valence-corrected chi connectivity index (χ0v) is 16.7. The lowest BCUT2D eigenvalue weighted by molar-refractivity contribution is -0.367. The summed E-state index contributed by atoms with van der Waals surface area (Å²) in [6.45, 7) is -1.82. The number of aliphatic hydroxyl groups excluding tert-OH is 10. The maximum atomic E-state index is 10.4. The summed E-state index contributed by atoms with van der Waals surface area (Å²) in [5, 5.41) is 98.7. The van der Waals surface area contributed by atoms with E-state index in [-0.39, 0.29) is 0 Å². The van der Waals surface area contributed by atoms with Gasteiger partial charge in [0.15, 0.2) is 18.9 Å². The lowest BCUT2D eigenvalue weighted by Gasteiger charge is -2.45. The minimum atomic E-state index is -1.80. The van der Waals surface area contributed by atoms with Crippen molar-refractivity contribution in [1.82, 2.24) is 0 Å². The first-order valence-electron chi connectivity index (χ1n) is 10.00. The molecule has 3 aliphatic rings. The van der Waals surface area contributed by atoms with Crippen molar-refractivity contribution >= 4 is 0 Å². The van der Waals surface area contributed by atoms with Crippen molar-refractivity contribution in [3.63, 3.8) is 0 Å². The molecule has 0 saturated carbocycles. The molecule has 0 aliphatic carbocycles. The predicted octanol–water partition coefficient (Wildman–Crippen LogP) is -6.93. The smallest absolute Gasteiger partial charge is 0.187 e. The van der Waals surface area contributed by atoms with Crippen LogP contribution in [0.25, 0.3) is 0 Å². The molecule has 3 fully saturated rings. The van der Waals surface area contributed by atoms with E-state index in [1.807, 2.05) is 0 Å². The van der Waals surface area contributed by atoms with Crippen LogP contribution in [-0.2, 0) is 23.7 Å². The predicted molar refractivity (Wildman–Crippen MR) is 95.2 cm³/mol. The number of aliphatic hydroxyl groups is 10. The van der Waals surface area contributed by atoms with Crippen LogP contribution >= 0.6 is 0 Å². The Morgan fingerprint density at radius 2 is 1.16 bits per heavy atom. The summed E-state index contributed by atoms with van der Waals surface area (Å²) < 4.78 is 26.1. The number of rotatable bonds is 6. The number of hydrogen-bond acceptors (Lipinski definition) is 15. The molecule has 3 saturated heterocycles. The minimum absolute atomic E-state index is 0.445. The Morgan fingerprint density at radius 1 is 0.594 bits per heavy atom. The van der Waals surface area contributed by atoms with Crippen molar-refractivity contribution in [2.24, 2.45) is 0 Å². The molecule has 3 aliphatic heterocycles. The van der Waals surface area contributed by atoms with E-state index < -0.39 is 106 Å². The van der Waals surface area contributed by atoms with E-state index in [0.29, 0.717) is 0 Å². The minimum Gasteiger partial charge on any atom is -0.394 e. The highest BCUT2D eigenvalue weighted by molar-refractivity contribution is 4.93. The second kappa shape index (κ2) is 10.8. The average Bonchev–Trinajstić information content (AvgIpc) is 2.78. The Balaban J connectivity index is 1.60. The molecular weight excluding hydrogens is 444 g/mol. The van der Waals surface area contributed by atoms with E-state index in [1.54, 1.807) is 0 Å². The van der Waals surface area contributed by atoms with Gasteiger partial charge in [0.1, 0.15) is 67.1 Å². The molecule has 0 aromatic heterocycles. The topological polar surface area (TPSA) is 248 Å². The first-order valence-corrected chi connectivity index (χ1v) is 10.00. The van der Waals surface area contributed by atoms with Gasteiger partial charge in [0, 0.05) is 0 Å². The summed E-state index contributed by atoms with van der Waals surface area (Å²) in [4.78, 5) is 0. The summed E-state index contributed by atoms with van der Waals surface area (Å²) in [6.07, 6.45) is -22.3.